The summed E-state index contributed by atoms with van der Waals surface area (Å²) >= 11 is 0. The third kappa shape index (κ3) is 1.59. The fraction of sp³-hybridized carbons (Fsp3) is 0.750. The molecule has 1 heterocycles. The molecule has 0 aromatic heterocycles. The fourth-order valence-corrected chi connectivity index (χ4v) is 1.41. The molecular formula is C8H13NO2. The quantitative estimate of drug-likeness (QED) is 0.559. The van der Waals surface area contributed by atoms with Crippen molar-refractivity contribution in [1.82, 2.24) is 4.90 Å². The zero-order valence-electron chi connectivity index (χ0n) is 6.75. The predicted molar refractivity (Wildman–Crippen MR) is 41.1 cm³/mol. The number of rotatable bonds is 3. The summed E-state index contributed by atoms with van der Waals surface area (Å²) in [7, 11) is 0. The Balaban J connectivity index is 2.56. The minimum absolute atomic E-state index is 0.129. The average molecular weight is 155 g/mol. The van der Waals surface area contributed by atoms with E-state index in [1.165, 1.54) is 0 Å². The molecule has 3 heteroatoms. The van der Waals surface area contributed by atoms with Gasteiger partial charge in [-0.25, -0.2) is 0 Å². The highest BCUT2D eigenvalue weighted by molar-refractivity contribution is 5.81. The number of likely N-dealkylation sites (tertiary alicyclic amines) is 1. The largest absolute Gasteiger partial charge is 0.333 e. The number of carbonyl (C=O) groups is 2. The van der Waals surface area contributed by atoms with Crippen molar-refractivity contribution in [3.63, 3.8) is 0 Å². The van der Waals surface area contributed by atoms with Crippen LogP contribution in [0.15, 0.2) is 0 Å². The van der Waals surface area contributed by atoms with Crippen molar-refractivity contribution in [1.29, 1.82) is 0 Å². The van der Waals surface area contributed by atoms with Crippen LogP contribution in [0.3, 0.4) is 0 Å². The van der Waals surface area contributed by atoms with E-state index in [1.807, 2.05) is 6.92 Å². The Labute approximate surface area is 66.4 Å². The molecule has 1 fully saturated rings. The SMILES string of the molecule is CCC(C=O)N1CCCC1=O. The van der Waals surface area contributed by atoms with Crippen molar-refractivity contribution in [3.8, 4) is 0 Å². The second-order valence-electron chi connectivity index (χ2n) is 2.80. The Morgan fingerprint density at radius 1 is 1.73 bits per heavy atom. The smallest absolute Gasteiger partial charge is 0.223 e. The molecule has 0 aliphatic carbocycles. The highest BCUT2D eigenvalue weighted by Crippen LogP contribution is 2.13. The molecule has 1 aliphatic heterocycles. The lowest BCUT2D eigenvalue weighted by molar-refractivity contribution is -0.132. The summed E-state index contributed by atoms with van der Waals surface area (Å²) in [5.41, 5.74) is 0. The van der Waals surface area contributed by atoms with E-state index in [9.17, 15) is 9.59 Å². The van der Waals surface area contributed by atoms with E-state index in [2.05, 4.69) is 0 Å². The van der Waals surface area contributed by atoms with E-state index in [0.717, 1.165) is 25.7 Å². The lowest BCUT2D eigenvalue weighted by Gasteiger charge is -2.21. The van der Waals surface area contributed by atoms with Crippen LogP contribution in [0.4, 0.5) is 0 Å². The normalized spacial score (nSPS) is 20.5. The lowest BCUT2D eigenvalue weighted by Crippen LogP contribution is -2.36. The Hall–Kier alpha value is -0.860. The van der Waals surface area contributed by atoms with Gasteiger partial charge in [-0.05, 0) is 12.8 Å². The molecule has 62 valence electrons. The summed E-state index contributed by atoms with van der Waals surface area (Å²) in [6, 6.07) is -0.176. The number of aldehydes is 1. The van der Waals surface area contributed by atoms with E-state index in [4.69, 9.17) is 0 Å². The number of amides is 1. The summed E-state index contributed by atoms with van der Waals surface area (Å²) in [6.45, 7) is 2.68. The minimum Gasteiger partial charge on any atom is -0.333 e. The van der Waals surface area contributed by atoms with Gasteiger partial charge in [0.1, 0.15) is 6.29 Å². The first-order valence-corrected chi connectivity index (χ1v) is 4.04. The van der Waals surface area contributed by atoms with Crippen LogP contribution in [0.5, 0.6) is 0 Å². The Morgan fingerprint density at radius 3 is 2.82 bits per heavy atom. The van der Waals surface area contributed by atoms with Crippen molar-refractivity contribution in [2.24, 2.45) is 0 Å². The first kappa shape index (κ1) is 8.24. The maximum absolute atomic E-state index is 11.1. The number of hydrogen-bond donors (Lipinski definition) is 0. The van der Waals surface area contributed by atoms with Crippen LogP contribution in [-0.4, -0.2) is 29.7 Å². The Morgan fingerprint density at radius 2 is 2.45 bits per heavy atom. The monoisotopic (exact) mass is 155 g/mol. The zero-order valence-corrected chi connectivity index (χ0v) is 6.75. The molecule has 0 radical (unpaired) electrons. The molecule has 1 saturated heterocycles. The van der Waals surface area contributed by atoms with Gasteiger partial charge in [-0.3, -0.25) is 4.79 Å². The molecule has 1 amide bonds. The van der Waals surface area contributed by atoms with E-state index in [-0.39, 0.29) is 11.9 Å². The van der Waals surface area contributed by atoms with Crippen LogP contribution in [0, 0.1) is 0 Å². The molecule has 1 aliphatic rings. The van der Waals surface area contributed by atoms with Gasteiger partial charge >= 0.3 is 0 Å². The topological polar surface area (TPSA) is 37.4 Å². The van der Waals surface area contributed by atoms with Crippen molar-refractivity contribution in [2.45, 2.75) is 32.2 Å². The Kier molecular flexibility index (Phi) is 2.63. The van der Waals surface area contributed by atoms with E-state index < -0.39 is 0 Å². The molecule has 0 saturated carbocycles. The summed E-state index contributed by atoms with van der Waals surface area (Å²) < 4.78 is 0. The van der Waals surface area contributed by atoms with Crippen molar-refractivity contribution < 1.29 is 9.59 Å². The molecule has 0 bridgehead atoms. The van der Waals surface area contributed by atoms with E-state index in [0.29, 0.717) is 6.42 Å². The van der Waals surface area contributed by atoms with Crippen molar-refractivity contribution in [2.75, 3.05) is 6.54 Å². The molecule has 3 nitrogen and oxygen atoms in total. The van der Waals surface area contributed by atoms with Crippen molar-refractivity contribution >= 4 is 12.2 Å². The molecule has 1 rings (SSSR count). The number of hydrogen-bond acceptors (Lipinski definition) is 2. The van der Waals surface area contributed by atoms with Gasteiger partial charge in [0, 0.05) is 13.0 Å². The van der Waals surface area contributed by atoms with E-state index in [1.54, 1.807) is 4.90 Å². The van der Waals surface area contributed by atoms with Gasteiger partial charge in [-0.1, -0.05) is 6.92 Å². The molecule has 1 atom stereocenters. The average Bonchev–Trinajstić information content (AvgIpc) is 2.40. The van der Waals surface area contributed by atoms with Crippen LogP contribution in [0.1, 0.15) is 26.2 Å². The van der Waals surface area contributed by atoms with Gasteiger partial charge in [0.2, 0.25) is 5.91 Å². The maximum atomic E-state index is 11.1. The zero-order chi connectivity index (χ0) is 8.27. The second-order valence-corrected chi connectivity index (χ2v) is 2.80. The third-order valence-corrected chi connectivity index (χ3v) is 2.09. The third-order valence-electron chi connectivity index (χ3n) is 2.09. The second kappa shape index (κ2) is 3.51. The summed E-state index contributed by atoms with van der Waals surface area (Å²) in [5, 5.41) is 0. The predicted octanol–water partition coefficient (Wildman–Crippen LogP) is 0.586. The van der Waals surface area contributed by atoms with Crippen LogP contribution >= 0.6 is 0 Å². The molecule has 11 heavy (non-hydrogen) atoms. The van der Waals surface area contributed by atoms with E-state index >= 15 is 0 Å². The molecular weight excluding hydrogens is 142 g/mol. The summed E-state index contributed by atoms with van der Waals surface area (Å²) in [6.07, 6.45) is 3.12. The molecule has 0 N–H and O–H groups in total. The minimum atomic E-state index is -0.176. The molecule has 0 aromatic carbocycles. The number of nitrogens with zero attached hydrogens (tertiary/aromatic N) is 1. The standard InChI is InChI=1S/C8H13NO2/c1-2-7(6-10)9-5-3-4-8(9)11/h6-7H,2-5H2,1H3. The summed E-state index contributed by atoms with van der Waals surface area (Å²) in [5.74, 6) is 0.129. The molecule has 1 unspecified atom stereocenters. The maximum Gasteiger partial charge on any atom is 0.223 e. The van der Waals surface area contributed by atoms with Gasteiger partial charge in [0.05, 0.1) is 6.04 Å². The van der Waals surface area contributed by atoms with Gasteiger partial charge in [0.15, 0.2) is 0 Å². The first-order chi connectivity index (χ1) is 5.29. The lowest BCUT2D eigenvalue weighted by atomic mass is 10.2. The fourth-order valence-electron chi connectivity index (χ4n) is 1.41. The highest BCUT2D eigenvalue weighted by atomic mass is 16.2. The van der Waals surface area contributed by atoms with Crippen molar-refractivity contribution in [3.05, 3.63) is 0 Å². The Bertz CT molecular complexity index is 167. The highest BCUT2D eigenvalue weighted by Gasteiger charge is 2.25. The van der Waals surface area contributed by atoms with Crippen LogP contribution in [0.2, 0.25) is 0 Å². The van der Waals surface area contributed by atoms with Gasteiger partial charge in [-0.2, -0.15) is 0 Å². The van der Waals surface area contributed by atoms with Gasteiger partial charge in [-0.15, -0.1) is 0 Å². The summed E-state index contributed by atoms with van der Waals surface area (Å²) in [4.78, 5) is 23.2. The van der Waals surface area contributed by atoms with Gasteiger partial charge < -0.3 is 9.69 Å². The van der Waals surface area contributed by atoms with Gasteiger partial charge in [0.25, 0.3) is 0 Å². The number of carbonyl (C=O) groups excluding carboxylic acids is 2. The van der Waals surface area contributed by atoms with Crippen LogP contribution < -0.4 is 0 Å². The molecule has 0 spiro atoms. The molecule has 0 aromatic rings. The van der Waals surface area contributed by atoms with Crippen LogP contribution in [-0.2, 0) is 9.59 Å². The van der Waals surface area contributed by atoms with Crippen LogP contribution in [0.25, 0.3) is 0 Å². The first-order valence-electron chi connectivity index (χ1n) is 4.04.